The molecule has 0 aliphatic carbocycles. The van der Waals surface area contributed by atoms with Crippen molar-refractivity contribution in [3.63, 3.8) is 0 Å². The first kappa shape index (κ1) is 19.8. The molecule has 2 amide bonds. The maximum absolute atomic E-state index is 13.1. The predicted molar refractivity (Wildman–Crippen MR) is 123 cm³/mol. The van der Waals surface area contributed by atoms with Gasteiger partial charge in [-0.25, -0.2) is 0 Å². The number of thiocarbonyl (C=S) groups is 1. The minimum absolute atomic E-state index is 0.0681. The Morgan fingerprint density at radius 2 is 1.69 bits per heavy atom. The molecule has 2 heterocycles. The molecule has 148 valence electrons. The van der Waals surface area contributed by atoms with Crippen molar-refractivity contribution in [3.8, 4) is 0 Å². The van der Waals surface area contributed by atoms with E-state index in [9.17, 15) is 9.59 Å². The lowest BCUT2D eigenvalue weighted by Gasteiger charge is -2.29. The Morgan fingerprint density at radius 3 is 2.34 bits per heavy atom. The fourth-order valence-corrected chi connectivity index (χ4v) is 4.18. The summed E-state index contributed by atoms with van der Waals surface area (Å²) in [6.07, 6.45) is 4.07. The van der Waals surface area contributed by atoms with Gasteiger partial charge in [-0.1, -0.05) is 22.0 Å². The van der Waals surface area contributed by atoms with Gasteiger partial charge >= 0.3 is 0 Å². The van der Waals surface area contributed by atoms with Crippen LogP contribution in [0.2, 0.25) is 0 Å². The number of hydrogen-bond donors (Lipinski definition) is 1. The number of nitrogens with zero attached hydrogens (tertiary/aromatic N) is 2. The molecule has 29 heavy (non-hydrogen) atoms. The summed E-state index contributed by atoms with van der Waals surface area (Å²) >= 11 is 8.63. The standard InChI is InChI=1S/C22H20BrN3O2S/c1-14-12-18(25-10-2-3-11-25)7-4-15(14)13-19-20(27)24-22(29)26(21(19)28)17-8-5-16(23)6-9-17/h4-9,12-13H,2-3,10-11H2,1H3,(H,24,27,29)/b19-13+. The molecule has 2 aromatic rings. The number of halogens is 1. The summed E-state index contributed by atoms with van der Waals surface area (Å²) in [5.74, 6) is -0.902. The fourth-order valence-electron chi connectivity index (χ4n) is 3.63. The van der Waals surface area contributed by atoms with E-state index < -0.39 is 11.8 Å². The lowest BCUT2D eigenvalue weighted by atomic mass is 10.0. The van der Waals surface area contributed by atoms with Crippen LogP contribution in [-0.4, -0.2) is 30.0 Å². The maximum Gasteiger partial charge on any atom is 0.270 e. The molecule has 1 N–H and O–H groups in total. The van der Waals surface area contributed by atoms with Gasteiger partial charge in [0.2, 0.25) is 0 Å². The Kier molecular flexibility index (Phi) is 5.52. The van der Waals surface area contributed by atoms with Gasteiger partial charge in [0.25, 0.3) is 11.8 Å². The van der Waals surface area contributed by atoms with E-state index in [0.717, 1.165) is 28.7 Å². The van der Waals surface area contributed by atoms with Gasteiger partial charge in [0.05, 0.1) is 5.69 Å². The largest absolute Gasteiger partial charge is 0.372 e. The molecule has 7 heteroatoms. The van der Waals surface area contributed by atoms with Crippen LogP contribution in [0.4, 0.5) is 11.4 Å². The topological polar surface area (TPSA) is 52.7 Å². The molecule has 0 radical (unpaired) electrons. The lowest BCUT2D eigenvalue weighted by molar-refractivity contribution is -0.122. The Labute approximate surface area is 183 Å². The van der Waals surface area contributed by atoms with Gasteiger partial charge in [-0.3, -0.25) is 19.8 Å². The van der Waals surface area contributed by atoms with Crippen molar-refractivity contribution in [2.45, 2.75) is 19.8 Å². The van der Waals surface area contributed by atoms with Crippen LogP contribution in [0.5, 0.6) is 0 Å². The highest BCUT2D eigenvalue weighted by Gasteiger charge is 2.34. The zero-order chi connectivity index (χ0) is 20.5. The van der Waals surface area contributed by atoms with Gasteiger partial charge < -0.3 is 4.90 Å². The van der Waals surface area contributed by atoms with Crippen LogP contribution < -0.4 is 15.1 Å². The molecule has 4 rings (SSSR count). The van der Waals surface area contributed by atoms with E-state index in [1.807, 2.05) is 31.2 Å². The van der Waals surface area contributed by atoms with Crippen molar-refractivity contribution in [3.05, 3.63) is 63.6 Å². The molecule has 2 aromatic carbocycles. The van der Waals surface area contributed by atoms with Crippen molar-refractivity contribution < 1.29 is 9.59 Å². The van der Waals surface area contributed by atoms with E-state index in [4.69, 9.17) is 12.2 Å². The minimum atomic E-state index is -0.476. The second-order valence-electron chi connectivity index (χ2n) is 7.17. The Bertz CT molecular complexity index is 1030. The molecule has 2 aliphatic rings. The van der Waals surface area contributed by atoms with Crippen LogP contribution in [0.25, 0.3) is 6.08 Å². The van der Waals surface area contributed by atoms with Gasteiger partial charge in [-0.05, 0) is 85.6 Å². The predicted octanol–water partition coefficient (Wildman–Crippen LogP) is 4.19. The second-order valence-corrected chi connectivity index (χ2v) is 8.47. The number of benzene rings is 2. The van der Waals surface area contributed by atoms with E-state index in [1.165, 1.54) is 23.4 Å². The van der Waals surface area contributed by atoms with Crippen LogP contribution in [0, 0.1) is 6.92 Å². The van der Waals surface area contributed by atoms with Crippen molar-refractivity contribution in [2.24, 2.45) is 0 Å². The summed E-state index contributed by atoms with van der Waals surface area (Å²) in [4.78, 5) is 29.3. The van der Waals surface area contributed by atoms with Crippen LogP contribution in [0.3, 0.4) is 0 Å². The third-order valence-corrected chi connectivity index (χ3v) is 6.02. The number of carbonyl (C=O) groups is 2. The Hall–Kier alpha value is -2.51. The van der Waals surface area contributed by atoms with Crippen molar-refractivity contribution >= 4 is 62.5 Å². The number of amides is 2. The van der Waals surface area contributed by atoms with E-state index in [1.54, 1.807) is 18.2 Å². The number of rotatable bonds is 3. The van der Waals surface area contributed by atoms with Gasteiger partial charge in [0, 0.05) is 23.2 Å². The Balaban J connectivity index is 1.66. The highest BCUT2D eigenvalue weighted by molar-refractivity contribution is 9.10. The SMILES string of the molecule is Cc1cc(N2CCCC2)ccc1/C=C1\C(=O)NC(=S)N(c2ccc(Br)cc2)C1=O. The van der Waals surface area contributed by atoms with Gasteiger partial charge in [0.15, 0.2) is 5.11 Å². The van der Waals surface area contributed by atoms with Crippen LogP contribution in [0.1, 0.15) is 24.0 Å². The molecule has 0 aromatic heterocycles. The van der Waals surface area contributed by atoms with Gasteiger partial charge in [0.1, 0.15) is 5.57 Å². The summed E-state index contributed by atoms with van der Waals surface area (Å²) in [7, 11) is 0. The average Bonchev–Trinajstić information content (AvgIpc) is 3.22. The summed E-state index contributed by atoms with van der Waals surface area (Å²) < 4.78 is 0.894. The molecule has 0 atom stereocenters. The smallest absolute Gasteiger partial charge is 0.270 e. The number of anilines is 2. The fraction of sp³-hybridized carbons (Fsp3) is 0.227. The summed E-state index contributed by atoms with van der Waals surface area (Å²) in [6, 6.07) is 13.3. The van der Waals surface area contributed by atoms with E-state index in [0.29, 0.717) is 5.69 Å². The quantitative estimate of drug-likeness (QED) is 0.415. The lowest BCUT2D eigenvalue weighted by Crippen LogP contribution is -2.54. The number of aryl methyl sites for hydroxylation is 1. The zero-order valence-corrected chi connectivity index (χ0v) is 18.3. The monoisotopic (exact) mass is 469 g/mol. The van der Waals surface area contributed by atoms with E-state index in [-0.39, 0.29) is 10.7 Å². The first-order valence-corrected chi connectivity index (χ1v) is 10.7. The summed E-state index contributed by atoms with van der Waals surface area (Å²) in [6.45, 7) is 4.13. The highest BCUT2D eigenvalue weighted by Crippen LogP contribution is 2.27. The number of nitrogens with one attached hydrogen (secondary N) is 1. The molecular formula is C22H20BrN3O2S. The highest BCUT2D eigenvalue weighted by atomic mass is 79.9. The summed E-state index contributed by atoms with van der Waals surface area (Å²) in [5.41, 5.74) is 3.72. The third kappa shape index (κ3) is 3.97. The number of hydrogen-bond acceptors (Lipinski definition) is 4. The van der Waals surface area contributed by atoms with Gasteiger partial charge in [-0.15, -0.1) is 0 Å². The molecule has 0 saturated carbocycles. The maximum atomic E-state index is 13.1. The van der Waals surface area contributed by atoms with Crippen LogP contribution >= 0.6 is 28.1 Å². The Morgan fingerprint density at radius 1 is 1.03 bits per heavy atom. The molecule has 2 fully saturated rings. The first-order chi connectivity index (χ1) is 13.9. The van der Waals surface area contributed by atoms with Crippen LogP contribution in [0.15, 0.2) is 52.5 Å². The first-order valence-electron chi connectivity index (χ1n) is 9.46. The molecule has 2 saturated heterocycles. The zero-order valence-electron chi connectivity index (χ0n) is 15.9. The molecule has 0 unspecified atom stereocenters. The third-order valence-electron chi connectivity index (χ3n) is 5.21. The average molecular weight is 470 g/mol. The van der Waals surface area contributed by atoms with Crippen molar-refractivity contribution in [1.29, 1.82) is 0 Å². The second kappa shape index (κ2) is 8.08. The molecule has 2 aliphatic heterocycles. The molecule has 0 bridgehead atoms. The van der Waals surface area contributed by atoms with Crippen LogP contribution in [-0.2, 0) is 9.59 Å². The molecule has 5 nitrogen and oxygen atoms in total. The normalized spacial score (nSPS) is 18.6. The van der Waals surface area contributed by atoms with E-state index in [2.05, 4.69) is 32.2 Å². The number of carbonyl (C=O) groups excluding carboxylic acids is 2. The molecule has 0 spiro atoms. The van der Waals surface area contributed by atoms with Crippen molar-refractivity contribution in [2.75, 3.05) is 22.9 Å². The van der Waals surface area contributed by atoms with Crippen molar-refractivity contribution in [1.82, 2.24) is 5.32 Å². The molecular weight excluding hydrogens is 450 g/mol. The van der Waals surface area contributed by atoms with E-state index >= 15 is 0 Å². The minimum Gasteiger partial charge on any atom is -0.372 e. The van der Waals surface area contributed by atoms with Gasteiger partial charge in [-0.2, -0.15) is 0 Å². The summed E-state index contributed by atoms with van der Waals surface area (Å²) in [5, 5.41) is 2.71.